The van der Waals surface area contributed by atoms with Gasteiger partial charge in [-0.1, -0.05) is 0 Å². The zero-order valence-corrected chi connectivity index (χ0v) is 12.0. The molecule has 8 heteroatoms. The van der Waals surface area contributed by atoms with Crippen LogP contribution in [0.15, 0.2) is 41.3 Å². The van der Waals surface area contributed by atoms with Crippen LogP contribution in [-0.2, 0) is 10.0 Å². The lowest BCUT2D eigenvalue weighted by molar-refractivity contribution is 0.171. The molecule has 1 N–H and O–H groups in total. The average Bonchev–Trinajstić information content (AvgIpc) is 2.50. The molecule has 0 aliphatic carbocycles. The Morgan fingerprint density at radius 2 is 1.68 bits per heavy atom. The second-order valence-corrected chi connectivity index (χ2v) is 6.22. The summed E-state index contributed by atoms with van der Waals surface area (Å²) in [5.74, 6) is -0.903. The highest BCUT2D eigenvalue weighted by molar-refractivity contribution is 7.92. The van der Waals surface area contributed by atoms with Gasteiger partial charge in [0, 0.05) is 12.1 Å². The first-order valence-electron chi connectivity index (χ1n) is 6.33. The number of hydrogen-bond acceptors (Lipinski definition) is 4. The number of sulfonamides is 1. The number of anilines is 1. The van der Waals surface area contributed by atoms with E-state index in [2.05, 4.69) is 0 Å². The lowest BCUT2D eigenvalue weighted by Crippen LogP contribution is -2.17. The molecule has 0 saturated heterocycles. The molecule has 0 fully saturated rings. The molecule has 0 saturated carbocycles. The molecule has 0 amide bonds. The number of ether oxygens (including phenoxy) is 2. The van der Waals surface area contributed by atoms with E-state index in [9.17, 15) is 17.2 Å². The minimum Gasteiger partial charge on any atom is -0.486 e. The van der Waals surface area contributed by atoms with Gasteiger partial charge in [-0.2, -0.15) is 0 Å². The van der Waals surface area contributed by atoms with E-state index in [1.807, 2.05) is 4.72 Å². The molecule has 5 nitrogen and oxygen atoms in total. The van der Waals surface area contributed by atoms with Crippen LogP contribution in [0.5, 0.6) is 11.5 Å². The van der Waals surface area contributed by atoms with Gasteiger partial charge in [-0.15, -0.1) is 0 Å². The Morgan fingerprint density at radius 1 is 0.955 bits per heavy atom. The summed E-state index contributed by atoms with van der Waals surface area (Å²) < 4.78 is 63.8. The number of nitrogens with one attached hydrogen (secondary N) is 1. The normalized spacial score (nSPS) is 13.7. The minimum absolute atomic E-state index is 0.139. The summed E-state index contributed by atoms with van der Waals surface area (Å²) in [7, 11) is -4.08. The van der Waals surface area contributed by atoms with Crippen molar-refractivity contribution in [2.75, 3.05) is 17.9 Å². The smallest absolute Gasteiger partial charge is 0.262 e. The summed E-state index contributed by atoms with van der Waals surface area (Å²) >= 11 is 0. The van der Waals surface area contributed by atoms with Crippen LogP contribution < -0.4 is 14.2 Å². The van der Waals surface area contributed by atoms with E-state index in [-0.39, 0.29) is 10.6 Å². The van der Waals surface area contributed by atoms with Gasteiger partial charge in [0.2, 0.25) is 0 Å². The third-order valence-electron chi connectivity index (χ3n) is 3.00. The van der Waals surface area contributed by atoms with Crippen LogP contribution in [-0.4, -0.2) is 21.6 Å². The minimum atomic E-state index is -4.08. The van der Waals surface area contributed by atoms with Gasteiger partial charge < -0.3 is 9.47 Å². The Balaban J connectivity index is 1.94. The summed E-state index contributed by atoms with van der Waals surface area (Å²) in [6.45, 7) is 0.689. The van der Waals surface area contributed by atoms with Crippen LogP contribution in [0.2, 0.25) is 0 Å². The molecule has 22 heavy (non-hydrogen) atoms. The van der Waals surface area contributed by atoms with Crippen LogP contribution in [0.25, 0.3) is 0 Å². The van der Waals surface area contributed by atoms with Crippen molar-refractivity contribution in [2.24, 2.45) is 0 Å². The molecule has 0 atom stereocenters. The molecule has 0 radical (unpaired) electrons. The van der Waals surface area contributed by atoms with Crippen LogP contribution in [0.4, 0.5) is 14.5 Å². The molecule has 1 aliphatic heterocycles. The molecular formula is C14H11F2NO4S. The average molecular weight is 327 g/mol. The zero-order valence-electron chi connectivity index (χ0n) is 11.2. The van der Waals surface area contributed by atoms with Crippen molar-refractivity contribution in [1.29, 1.82) is 0 Å². The molecule has 2 aromatic rings. The first-order chi connectivity index (χ1) is 10.5. The van der Waals surface area contributed by atoms with Crippen molar-refractivity contribution >= 4 is 15.7 Å². The SMILES string of the molecule is O=S(=O)(Nc1cc(F)ccc1F)c1ccc2c(c1)OCCO2. The molecular weight excluding hydrogens is 316 g/mol. The highest BCUT2D eigenvalue weighted by Crippen LogP contribution is 2.33. The number of halogens is 2. The van der Waals surface area contributed by atoms with Crippen molar-refractivity contribution in [3.8, 4) is 11.5 Å². The molecule has 0 bridgehead atoms. The predicted octanol–water partition coefficient (Wildman–Crippen LogP) is 2.54. The Labute approximate surface area is 125 Å². The van der Waals surface area contributed by atoms with Crippen LogP contribution in [0, 0.1) is 11.6 Å². The maximum absolute atomic E-state index is 13.6. The highest BCUT2D eigenvalue weighted by Gasteiger charge is 2.20. The fourth-order valence-electron chi connectivity index (χ4n) is 1.97. The van der Waals surface area contributed by atoms with Crippen molar-refractivity contribution in [3.05, 3.63) is 48.0 Å². The van der Waals surface area contributed by atoms with Crippen LogP contribution in [0.3, 0.4) is 0 Å². The molecule has 2 aromatic carbocycles. The lowest BCUT2D eigenvalue weighted by atomic mass is 10.3. The first kappa shape index (κ1) is 14.6. The monoisotopic (exact) mass is 327 g/mol. The van der Waals surface area contributed by atoms with Crippen LogP contribution >= 0.6 is 0 Å². The fourth-order valence-corrected chi connectivity index (χ4v) is 3.04. The van der Waals surface area contributed by atoms with E-state index in [1.54, 1.807) is 0 Å². The Kier molecular flexibility index (Phi) is 3.61. The van der Waals surface area contributed by atoms with Gasteiger partial charge in [0.25, 0.3) is 10.0 Å². The molecule has 116 valence electrons. The summed E-state index contributed by atoms with van der Waals surface area (Å²) in [5, 5.41) is 0. The Hall–Kier alpha value is -2.35. The third-order valence-corrected chi connectivity index (χ3v) is 4.36. The predicted molar refractivity (Wildman–Crippen MR) is 74.6 cm³/mol. The van der Waals surface area contributed by atoms with E-state index < -0.39 is 27.3 Å². The first-order valence-corrected chi connectivity index (χ1v) is 7.81. The summed E-state index contributed by atoms with van der Waals surface area (Å²) in [6, 6.07) is 6.53. The largest absolute Gasteiger partial charge is 0.486 e. The maximum Gasteiger partial charge on any atom is 0.262 e. The van der Waals surface area contributed by atoms with Crippen molar-refractivity contribution < 1.29 is 26.7 Å². The molecule has 0 aromatic heterocycles. The van der Waals surface area contributed by atoms with Gasteiger partial charge >= 0.3 is 0 Å². The van der Waals surface area contributed by atoms with Gasteiger partial charge in [-0.25, -0.2) is 17.2 Å². The Morgan fingerprint density at radius 3 is 2.45 bits per heavy atom. The second-order valence-electron chi connectivity index (χ2n) is 4.54. The van der Waals surface area contributed by atoms with Crippen molar-refractivity contribution in [1.82, 2.24) is 0 Å². The van der Waals surface area contributed by atoms with E-state index in [4.69, 9.17) is 9.47 Å². The van der Waals surface area contributed by atoms with Gasteiger partial charge in [0.15, 0.2) is 11.5 Å². The van der Waals surface area contributed by atoms with E-state index in [1.165, 1.54) is 18.2 Å². The highest BCUT2D eigenvalue weighted by atomic mass is 32.2. The second kappa shape index (κ2) is 5.45. The standard InChI is InChI=1S/C14H11F2NO4S/c15-9-1-3-11(16)12(7-9)17-22(18,19)10-2-4-13-14(8-10)21-6-5-20-13/h1-4,7-8,17H,5-6H2. The lowest BCUT2D eigenvalue weighted by Gasteiger charge is -2.19. The summed E-state index contributed by atoms with van der Waals surface area (Å²) in [6.07, 6.45) is 0. The molecule has 1 aliphatic rings. The van der Waals surface area contributed by atoms with Gasteiger partial charge in [0.1, 0.15) is 24.8 Å². The van der Waals surface area contributed by atoms with E-state index in [0.717, 1.165) is 18.2 Å². The summed E-state index contributed by atoms with van der Waals surface area (Å²) in [4.78, 5) is -0.139. The number of rotatable bonds is 3. The van der Waals surface area contributed by atoms with E-state index in [0.29, 0.717) is 19.0 Å². The van der Waals surface area contributed by atoms with Gasteiger partial charge in [-0.3, -0.25) is 4.72 Å². The van der Waals surface area contributed by atoms with Gasteiger partial charge in [-0.05, 0) is 24.3 Å². The quantitative estimate of drug-likeness (QED) is 0.941. The molecule has 0 spiro atoms. The number of benzene rings is 2. The van der Waals surface area contributed by atoms with E-state index >= 15 is 0 Å². The van der Waals surface area contributed by atoms with Crippen molar-refractivity contribution in [2.45, 2.75) is 4.90 Å². The summed E-state index contributed by atoms with van der Waals surface area (Å²) in [5.41, 5.74) is -0.463. The molecule has 3 rings (SSSR count). The van der Waals surface area contributed by atoms with Crippen LogP contribution in [0.1, 0.15) is 0 Å². The zero-order chi connectivity index (χ0) is 15.7. The van der Waals surface area contributed by atoms with Crippen molar-refractivity contribution in [3.63, 3.8) is 0 Å². The Bertz CT molecular complexity index is 824. The molecule has 1 heterocycles. The molecule has 0 unspecified atom stereocenters. The third kappa shape index (κ3) is 2.82. The number of hydrogen-bond donors (Lipinski definition) is 1. The fraction of sp³-hybridized carbons (Fsp3) is 0.143. The number of fused-ring (bicyclic) bond motifs is 1. The van der Waals surface area contributed by atoms with Gasteiger partial charge in [0.05, 0.1) is 10.6 Å². The topological polar surface area (TPSA) is 64.6 Å². The maximum atomic E-state index is 13.6.